The number of hydrogen-bond acceptors (Lipinski definition) is 6. The molecule has 0 aromatic heterocycles. The van der Waals surface area contributed by atoms with Crippen molar-refractivity contribution in [1.82, 2.24) is 0 Å². The average Bonchev–Trinajstić information content (AvgIpc) is 2.65. The van der Waals surface area contributed by atoms with Crippen LogP contribution in [0.3, 0.4) is 0 Å². The van der Waals surface area contributed by atoms with Crippen molar-refractivity contribution in [1.29, 1.82) is 0 Å². The van der Waals surface area contributed by atoms with Crippen LogP contribution in [0.1, 0.15) is 12.8 Å². The normalized spacial score (nSPS) is 15.0. The summed E-state index contributed by atoms with van der Waals surface area (Å²) in [6.07, 6.45) is -10.8. The Bertz CT molecular complexity index is 664. The molecule has 32 heavy (non-hydrogen) atoms. The summed E-state index contributed by atoms with van der Waals surface area (Å²) in [5, 5.41) is 17.5. The first-order chi connectivity index (χ1) is 14.3. The highest BCUT2D eigenvalue weighted by Crippen LogP contribution is 2.55. The maximum absolute atomic E-state index is 13.9. The Kier molecular flexibility index (Phi) is 9.73. The van der Waals surface area contributed by atoms with E-state index in [2.05, 4.69) is 22.6 Å². The van der Waals surface area contributed by atoms with E-state index in [4.69, 9.17) is 10.2 Å². The predicted octanol–water partition coefficient (Wildman–Crippen LogP) is 3.08. The molecule has 0 aromatic carbocycles. The van der Waals surface area contributed by atoms with Crippen LogP contribution in [0.2, 0.25) is 0 Å². The third-order valence-electron chi connectivity index (χ3n) is 3.68. The number of aliphatic hydroxyl groups is 2. The van der Waals surface area contributed by atoms with E-state index in [0.29, 0.717) is 0 Å². The zero-order valence-corrected chi connectivity index (χ0v) is 15.7. The van der Waals surface area contributed by atoms with Crippen molar-refractivity contribution in [2.24, 2.45) is 0 Å². The fraction of sp³-hybridized carbons (Fsp3) is 0.625. The number of carbonyl (C=O) groups is 2. The topological polar surface area (TPSA) is 93.1 Å². The number of esters is 2. The quantitative estimate of drug-likeness (QED) is 0.232. The molecule has 2 unspecified atom stereocenters. The van der Waals surface area contributed by atoms with Crippen molar-refractivity contribution in [3.8, 4) is 0 Å². The molecule has 0 heterocycles. The lowest BCUT2D eigenvalue weighted by Gasteiger charge is -2.38. The van der Waals surface area contributed by atoms with Gasteiger partial charge in [0.05, 0.1) is 26.1 Å². The second-order valence-corrected chi connectivity index (χ2v) is 6.20. The first-order valence-corrected chi connectivity index (χ1v) is 8.11. The summed E-state index contributed by atoms with van der Waals surface area (Å²) >= 11 is 0. The number of halogens is 10. The van der Waals surface area contributed by atoms with Crippen LogP contribution in [0.5, 0.6) is 0 Å². The van der Waals surface area contributed by atoms with Crippen LogP contribution in [-0.2, 0) is 19.1 Å². The smallest absolute Gasteiger partial charge is 0.378 e. The molecule has 0 bridgehead atoms. The minimum atomic E-state index is -6.90. The maximum atomic E-state index is 13.9. The van der Waals surface area contributed by atoms with Gasteiger partial charge in [-0.15, -0.1) is 0 Å². The monoisotopic (exact) mass is 494 g/mol. The van der Waals surface area contributed by atoms with E-state index in [0.717, 1.165) is 0 Å². The third kappa shape index (κ3) is 6.57. The van der Waals surface area contributed by atoms with Crippen LogP contribution < -0.4 is 0 Å². The lowest BCUT2D eigenvalue weighted by atomic mass is 9.92. The van der Waals surface area contributed by atoms with E-state index in [1.807, 2.05) is 0 Å². The molecule has 0 spiro atoms. The highest BCUT2D eigenvalue weighted by Gasteiger charge is 2.80. The zero-order chi connectivity index (χ0) is 25.7. The van der Waals surface area contributed by atoms with Gasteiger partial charge in [0, 0.05) is 0 Å². The number of ether oxygens (including phenoxy) is 2. The number of carbonyl (C=O) groups excluding carboxylic acids is 2. The molecule has 0 fully saturated rings. The average molecular weight is 494 g/mol. The Morgan fingerprint density at radius 1 is 0.688 bits per heavy atom. The van der Waals surface area contributed by atoms with Gasteiger partial charge >= 0.3 is 35.6 Å². The maximum Gasteiger partial charge on any atom is 0.378 e. The van der Waals surface area contributed by atoms with Gasteiger partial charge in [0.25, 0.3) is 0 Å². The van der Waals surface area contributed by atoms with Gasteiger partial charge in [-0.25, -0.2) is 9.59 Å². The number of hydrogen-bond donors (Lipinski definition) is 2. The molecular weight excluding hydrogens is 478 g/mol. The predicted molar refractivity (Wildman–Crippen MR) is 83.4 cm³/mol. The molecule has 0 aromatic rings. The highest BCUT2D eigenvalue weighted by molar-refractivity contribution is 5.85. The number of aliphatic hydroxyl groups excluding tert-OH is 2. The largest absolute Gasteiger partial charge is 0.454 e. The standard InChI is InChI=1S/C16H16F10O6/c1-7(17)11(29)31-9(5-27)3-13(19,20)15(23,24)16(25,26)14(21,22)4-10(6-28)32-12(30)8(2)18/h9-10,27-28H,1-6H2. The summed E-state index contributed by atoms with van der Waals surface area (Å²) in [5.74, 6) is -34.1. The summed E-state index contributed by atoms with van der Waals surface area (Å²) in [6.45, 7) is 1.29. The van der Waals surface area contributed by atoms with Gasteiger partial charge in [0.2, 0.25) is 11.7 Å². The minimum Gasteiger partial charge on any atom is -0.454 e. The summed E-state index contributed by atoms with van der Waals surface area (Å²) < 4.78 is 144. The molecule has 2 atom stereocenters. The second-order valence-electron chi connectivity index (χ2n) is 6.20. The molecule has 0 aliphatic rings. The fourth-order valence-electron chi connectivity index (χ4n) is 2.01. The van der Waals surface area contributed by atoms with E-state index in [1.54, 1.807) is 0 Å². The van der Waals surface area contributed by atoms with Crippen molar-refractivity contribution in [2.45, 2.75) is 48.7 Å². The fourth-order valence-corrected chi connectivity index (χ4v) is 2.01. The Morgan fingerprint density at radius 3 is 1.12 bits per heavy atom. The highest BCUT2D eigenvalue weighted by atomic mass is 19.4. The first-order valence-electron chi connectivity index (χ1n) is 8.11. The van der Waals surface area contributed by atoms with Crippen LogP contribution in [0.25, 0.3) is 0 Å². The summed E-state index contributed by atoms with van der Waals surface area (Å²) in [4.78, 5) is 21.8. The molecule has 0 saturated carbocycles. The number of alkyl halides is 8. The Morgan fingerprint density at radius 2 is 0.938 bits per heavy atom. The molecule has 186 valence electrons. The zero-order valence-electron chi connectivity index (χ0n) is 15.7. The Balaban J connectivity index is 5.80. The third-order valence-corrected chi connectivity index (χ3v) is 3.68. The molecular formula is C16H16F10O6. The van der Waals surface area contributed by atoms with Gasteiger partial charge in [-0.2, -0.15) is 43.9 Å². The van der Waals surface area contributed by atoms with Gasteiger partial charge in [-0.1, -0.05) is 13.2 Å². The van der Waals surface area contributed by atoms with Gasteiger partial charge in [0.1, 0.15) is 12.2 Å². The number of rotatable bonds is 13. The molecule has 0 aliphatic carbocycles. The van der Waals surface area contributed by atoms with Crippen LogP contribution in [0.4, 0.5) is 43.9 Å². The van der Waals surface area contributed by atoms with Crippen molar-refractivity contribution in [2.75, 3.05) is 13.2 Å². The van der Waals surface area contributed by atoms with E-state index in [1.165, 1.54) is 0 Å². The van der Waals surface area contributed by atoms with Gasteiger partial charge in [-0.3, -0.25) is 0 Å². The van der Waals surface area contributed by atoms with Crippen LogP contribution in [0, 0.1) is 0 Å². The van der Waals surface area contributed by atoms with E-state index >= 15 is 0 Å². The minimum absolute atomic E-state index is 1.72. The lowest BCUT2D eigenvalue weighted by Crippen LogP contribution is -2.63. The molecule has 2 N–H and O–H groups in total. The molecule has 0 rings (SSSR count). The molecule has 0 radical (unpaired) electrons. The summed E-state index contributed by atoms with van der Waals surface area (Å²) in [6, 6.07) is 0. The molecule has 6 nitrogen and oxygen atoms in total. The lowest BCUT2D eigenvalue weighted by molar-refractivity contribution is -0.372. The second kappa shape index (κ2) is 10.5. The molecule has 0 aliphatic heterocycles. The Hall–Kier alpha value is -2.36. The van der Waals surface area contributed by atoms with E-state index < -0.39 is 85.5 Å². The van der Waals surface area contributed by atoms with Crippen molar-refractivity contribution >= 4 is 11.9 Å². The first kappa shape index (κ1) is 29.6. The summed E-state index contributed by atoms with van der Waals surface area (Å²) in [5.41, 5.74) is 0. The van der Waals surface area contributed by atoms with Crippen molar-refractivity contribution in [3.05, 3.63) is 24.8 Å². The van der Waals surface area contributed by atoms with Crippen LogP contribution in [0.15, 0.2) is 24.8 Å². The van der Waals surface area contributed by atoms with E-state index in [9.17, 15) is 53.5 Å². The van der Waals surface area contributed by atoms with E-state index in [-0.39, 0.29) is 0 Å². The van der Waals surface area contributed by atoms with Crippen molar-refractivity contribution in [3.63, 3.8) is 0 Å². The van der Waals surface area contributed by atoms with Crippen LogP contribution in [-0.4, -0.2) is 71.3 Å². The Labute approximate surface area is 173 Å². The van der Waals surface area contributed by atoms with Gasteiger partial charge in [0.15, 0.2) is 0 Å². The SMILES string of the molecule is C=C(F)C(=O)OC(CO)CC(F)(F)C(F)(F)C(F)(F)C(F)(F)CC(CO)OC(=O)C(=C)F. The van der Waals surface area contributed by atoms with Gasteiger partial charge < -0.3 is 19.7 Å². The van der Waals surface area contributed by atoms with Crippen LogP contribution >= 0.6 is 0 Å². The van der Waals surface area contributed by atoms with Crippen molar-refractivity contribution < 1.29 is 73.2 Å². The molecule has 0 saturated heterocycles. The molecule has 16 heteroatoms. The summed E-state index contributed by atoms with van der Waals surface area (Å²) in [7, 11) is 0. The molecule has 0 amide bonds. The van der Waals surface area contributed by atoms with Gasteiger partial charge in [-0.05, 0) is 0 Å².